The molecule has 0 saturated heterocycles. The summed E-state index contributed by atoms with van der Waals surface area (Å²) in [4.78, 5) is 19.3. The van der Waals surface area contributed by atoms with E-state index in [2.05, 4.69) is 21.2 Å². The molecule has 4 aromatic rings. The molecule has 0 fully saturated rings. The summed E-state index contributed by atoms with van der Waals surface area (Å²) in [6.45, 7) is 0.446. The summed E-state index contributed by atoms with van der Waals surface area (Å²) in [5.41, 5.74) is 0.207. The zero-order chi connectivity index (χ0) is 31.9. The van der Waals surface area contributed by atoms with E-state index in [4.69, 9.17) is 19.6 Å². The van der Waals surface area contributed by atoms with Crippen molar-refractivity contribution in [1.29, 1.82) is 0 Å². The van der Waals surface area contributed by atoms with E-state index in [1.165, 1.54) is 24.3 Å². The van der Waals surface area contributed by atoms with Crippen LogP contribution in [0.15, 0.2) is 117 Å². The number of aliphatic hydroxyl groups is 1. The van der Waals surface area contributed by atoms with Crippen molar-refractivity contribution in [1.82, 2.24) is 5.32 Å². The van der Waals surface area contributed by atoms with Crippen molar-refractivity contribution in [2.75, 3.05) is 19.0 Å². The molecule has 0 aliphatic carbocycles. The quantitative estimate of drug-likeness (QED) is 0.171. The Bertz CT molecular complexity index is 1730. The second-order valence-corrected chi connectivity index (χ2v) is 13.6. The van der Waals surface area contributed by atoms with E-state index in [9.17, 15) is 17.6 Å². The molecule has 0 saturated carbocycles. The molecule has 234 valence electrons. The van der Waals surface area contributed by atoms with Crippen LogP contribution in [0, 0.1) is 5.82 Å². The second kappa shape index (κ2) is 14.4. The number of aliphatic hydroxyl groups excluding tert-OH is 1. The summed E-state index contributed by atoms with van der Waals surface area (Å²) in [5.74, 6) is -0.522. The molecule has 0 spiro atoms. The molecule has 1 heterocycles. The number of benzene rings is 4. The molecule has 1 aliphatic heterocycles. The number of aliphatic imine (C=N–C) groups is 1. The average molecular weight is 696 g/mol. The molecule has 2 N–H and O–H groups in total. The van der Waals surface area contributed by atoms with Crippen molar-refractivity contribution < 1.29 is 32.2 Å². The lowest BCUT2D eigenvalue weighted by Crippen LogP contribution is -2.49. The molecule has 5 rings (SSSR count). The topological polar surface area (TPSA) is 114 Å². The maximum Gasteiger partial charge on any atom is 0.252 e. The first-order chi connectivity index (χ1) is 21.7. The highest BCUT2D eigenvalue weighted by Gasteiger charge is 2.53. The minimum Gasteiger partial charge on any atom is -0.494 e. The van der Waals surface area contributed by atoms with E-state index in [0.29, 0.717) is 35.5 Å². The van der Waals surface area contributed by atoms with Crippen molar-refractivity contribution in [3.8, 4) is 5.75 Å². The van der Waals surface area contributed by atoms with Crippen LogP contribution in [-0.4, -0.2) is 49.8 Å². The molecule has 1 aliphatic rings. The number of sulfone groups is 1. The third-order valence-corrected chi connectivity index (χ3v) is 9.68. The fourth-order valence-corrected chi connectivity index (χ4v) is 6.63. The summed E-state index contributed by atoms with van der Waals surface area (Å²) < 4.78 is 53.3. The summed E-state index contributed by atoms with van der Waals surface area (Å²) in [5, 5.41) is 11.9. The number of hydrogen-bond acceptors (Lipinski definition) is 7. The van der Waals surface area contributed by atoms with Gasteiger partial charge < -0.3 is 19.9 Å². The fraction of sp³-hybridized carbons (Fsp3) is 0.235. The summed E-state index contributed by atoms with van der Waals surface area (Å²) in [6, 6.07) is 28.0. The van der Waals surface area contributed by atoms with E-state index >= 15 is 0 Å². The van der Waals surface area contributed by atoms with Gasteiger partial charge in [0.05, 0.1) is 17.3 Å². The van der Waals surface area contributed by atoms with Gasteiger partial charge in [-0.1, -0.05) is 58.4 Å². The largest absolute Gasteiger partial charge is 0.494 e. The number of nitrogens with one attached hydrogen (secondary N) is 1. The molecule has 2 atom stereocenters. The highest BCUT2D eigenvalue weighted by Crippen LogP contribution is 2.43. The highest BCUT2D eigenvalue weighted by atomic mass is 79.9. The van der Waals surface area contributed by atoms with Crippen molar-refractivity contribution in [3.63, 3.8) is 0 Å². The lowest BCUT2D eigenvalue weighted by molar-refractivity contribution is -0.129. The number of hydrogen-bond donors (Lipinski definition) is 2. The van der Waals surface area contributed by atoms with E-state index < -0.39 is 33.2 Å². The van der Waals surface area contributed by atoms with Crippen LogP contribution in [0.5, 0.6) is 5.75 Å². The highest BCUT2D eigenvalue weighted by molar-refractivity contribution is 9.10. The lowest BCUT2D eigenvalue weighted by Gasteiger charge is -2.30. The molecule has 8 nitrogen and oxygen atoms in total. The first-order valence-corrected chi connectivity index (χ1v) is 16.8. The minimum atomic E-state index is -3.79. The van der Waals surface area contributed by atoms with Crippen LogP contribution < -0.4 is 10.1 Å². The Kier molecular flexibility index (Phi) is 10.3. The molecular formula is C34H32BrFN2O6S. The maximum atomic E-state index is 14.3. The van der Waals surface area contributed by atoms with Gasteiger partial charge in [0.25, 0.3) is 5.91 Å². The predicted molar refractivity (Wildman–Crippen MR) is 172 cm³/mol. The van der Waals surface area contributed by atoms with Gasteiger partial charge in [-0.3, -0.25) is 4.79 Å². The number of ether oxygens (including phenoxy) is 2. The maximum absolute atomic E-state index is 14.3. The van der Waals surface area contributed by atoms with Gasteiger partial charge in [-0.25, -0.2) is 17.8 Å². The van der Waals surface area contributed by atoms with Crippen LogP contribution >= 0.6 is 15.9 Å². The number of carbonyl (C=O) groups excluding carboxylic acids is 1. The third kappa shape index (κ3) is 7.78. The Morgan fingerprint density at radius 2 is 1.67 bits per heavy atom. The molecule has 0 unspecified atom stereocenters. The summed E-state index contributed by atoms with van der Waals surface area (Å²) in [7, 11) is -3.79. The number of carbonyl (C=O) groups is 1. The molecule has 1 amide bonds. The second-order valence-electron chi connectivity index (χ2n) is 10.5. The van der Waals surface area contributed by atoms with Crippen LogP contribution in [0.1, 0.15) is 35.6 Å². The van der Waals surface area contributed by atoms with Gasteiger partial charge in [0.1, 0.15) is 11.6 Å². The zero-order valence-corrected chi connectivity index (χ0v) is 26.6. The number of halogens is 2. The lowest BCUT2D eigenvalue weighted by atomic mass is 9.85. The van der Waals surface area contributed by atoms with Crippen molar-refractivity contribution in [3.05, 3.63) is 130 Å². The average Bonchev–Trinajstić information content (AvgIpc) is 3.45. The van der Waals surface area contributed by atoms with Crippen LogP contribution in [0.2, 0.25) is 0 Å². The molecule has 0 radical (unpaired) electrons. The number of amides is 1. The standard InChI is InChI=1S/C34H32BrFN2O6S/c35-27-13-9-25(10-14-27)31-34(19-22-45(41,42)30-5-2-1-3-6-30,33(40)37-23-24-7-15-28(36)16-8-24)38-32(44-31)26-11-17-29(18-12-26)43-21-4-20-39/h1-3,5-18,31,39H,4,19-23H2,(H,37,40)/t31-,34-/m1/s1. The third-order valence-electron chi connectivity index (χ3n) is 7.42. The molecular weight excluding hydrogens is 663 g/mol. The van der Waals surface area contributed by atoms with Gasteiger partial charge in [-0.15, -0.1) is 0 Å². The van der Waals surface area contributed by atoms with E-state index in [1.54, 1.807) is 66.7 Å². The van der Waals surface area contributed by atoms with Crippen LogP contribution in [0.25, 0.3) is 0 Å². The number of nitrogens with zero attached hydrogens (tertiary/aromatic N) is 1. The first-order valence-electron chi connectivity index (χ1n) is 14.4. The Balaban J connectivity index is 1.54. The monoisotopic (exact) mass is 694 g/mol. The zero-order valence-electron chi connectivity index (χ0n) is 24.2. The van der Waals surface area contributed by atoms with Crippen LogP contribution in [-0.2, 0) is 25.9 Å². The van der Waals surface area contributed by atoms with Gasteiger partial charge >= 0.3 is 0 Å². The smallest absolute Gasteiger partial charge is 0.252 e. The number of rotatable bonds is 13. The Morgan fingerprint density at radius 1 is 0.978 bits per heavy atom. The summed E-state index contributed by atoms with van der Waals surface area (Å²) >= 11 is 3.45. The van der Waals surface area contributed by atoms with E-state index in [0.717, 1.165) is 4.47 Å². The Hall–Kier alpha value is -4.06. The van der Waals surface area contributed by atoms with Crippen molar-refractivity contribution >= 4 is 37.6 Å². The van der Waals surface area contributed by atoms with E-state index in [-0.39, 0.29) is 36.1 Å². The fourth-order valence-electron chi connectivity index (χ4n) is 4.98. The molecule has 0 bridgehead atoms. The Labute approximate surface area is 270 Å². The minimum absolute atomic E-state index is 0.0193. The van der Waals surface area contributed by atoms with Gasteiger partial charge in [-0.05, 0) is 71.8 Å². The first kappa shape index (κ1) is 32.3. The van der Waals surface area contributed by atoms with Crippen molar-refractivity contribution in [2.24, 2.45) is 4.99 Å². The van der Waals surface area contributed by atoms with Gasteiger partial charge in [0.15, 0.2) is 21.5 Å². The molecule has 0 aromatic heterocycles. The van der Waals surface area contributed by atoms with Gasteiger partial charge in [-0.2, -0.15) is 0 Å². The SMILES string of the molecule is O=C(NCc1ccc(F)cc1)[C@]1(CCS(=O)(=O)c2ccccc2)N=C(c2ccc(OCCCO)cc2)O[C@@H]1c1ccc(Br)cc1. The van der Waals surface area contributed by atoms with Gasteiger partial charge in [0, 0.05) is 36.0 Å². The van der Waals surface area contributed by atoms with Crippen LogP contribution in [0.4, 0.5) is 4.39 Å². The summed E-state index contributed by atoms with van der Waals surface area (Å²) in [6.07, 6.45) is -0.639. The van der Waals surface area contributed by atoms with Crippen LogP contribution in [0.3, 0.4) is 0 Å². The molecule has 45 heavy (non-hydrogen) atoms. The molecule has 11 heteroatoms. The van der Waals surface area contributed by atoms with E-state index in [1.807, 2.05) is 12.1 Å². The molecule has 4 aromatic carbocycles. The Morgan fingerprint density at radius 3 is 2.33 bits per heavy atom. The van der Waals surface area contributed by atoms with Crippen molar-refractivity contribution in [2.45, 2.75) is 35.9 Å². The normalized spacial score (nSPS) is 17.8. The predicted octanol–water partition coefficient (Wildman–Crippen LogP) is 5.79. The van der Waals surface area contributed by atoms with Gasteiger partial charge in [0.2, 0.25) is 5.90 Å².